The van der Waals surface area contributed by atoms with Gasteiger partial charge in [-0.25, -0.2) is 4.79 Å². The summed E-state index contributed by atoms with van der Waals surface area (Å²) in [6, 6.07) is -0.575. The van der Waals surface area contributed by atoms with Gasteiger partial charge in [0.1, 0.15) is 6.04 Å². The van der Waals surface area contributed by atoms with Crippen LogP contribution in [0.4, 0.5) is 0 Å². The summed E-state index contributed by atoms with van der Waals surface area (Å²) >= 11 is 0. The zero-order chi connectivity index (χ0) is 11.2. The Morgan fingerprint density at radius 1 is 1.40 bits per heavy atom. The van der Waals surface area contributed by atoms with Gasteiger partial charge in [-0.3, -0.25) is 4.79 Å². The van der Waals surface area contributed by atoms with E-state index in [9.17, 15) is 9.59 Å². The second-order valence-electron chi connectivity index (χ2n) is 5.27. The van der Waals surface area contributed by atoms with Gasteiger partial charge in [-0.05, 0) is 24.7 Å². The molecule has 2 fully saturated rings. The number of carboxylic acids is 1. The van der Waals surface area contributed by atoms with Crippen LogP contribution in [0.15, 0.2) is 0 Å². The van der Waals surface area contributed by atoms with Crippen molar-refractivity contribution in [2.24, 2.45) is 11.3 Å². The number of carboxylic acid groups (broad SMARTS) is 1. The summed E-state index contributed by atoms with van der Waals surface area (Å²) in [5.41, 5.74) is 0.0860. The molecule has 0 aromatic rings. The Labute approximate surface area is 89.3 Å². The molecular weight excluding hydrogens is 194 g/mol. The highest BCUT2D eigenvalue weighted by Gasteiger charge is 2.53. The van der Waals surface area contributed by atoms with Crippen LogP contribution < -0.4 is 0 Å². The quantitative estimate of drug-likeness (QED) is 0.744. The molecule has 4 heteroatoms. The van der Waals surface area contributed by atoms with E-state index in [-0.39, 0.29) is 17.2 Å². The van der Waals surface area contributed by atoms with E-state index < -0.39 is 12.0 Å². The van der Waals surface area contributed by atoms with E-state index >= 15 is 0 Å². The first-order valence-corrected chi connectivity index (χ1v) is 5.47. The molecule has 4 nitrogen and oxygen atoms in total. The number of carbonyl (C=O) groups excluding carboxylic acids is 1. The topological polar surface area (TPSA) is 57.6 Å². The Bertz CT molecular complexity index is 311. The molecule has 2 aliphatic rings. The molecule has 0 bridgehead atoms. The second kappa shape index (κ2) is 3.22. The third kappa shape index (κ3) is 1.73. The summed E-state index contributed by atoms with van der Waals surface area (Å²) in [5, 5.41) is 8.97. The van der Waals surface area contributed by atoms with Crippen molar-refractivity contribution in [1.82, 2.24) is 4.90 Å². The predicted octanol–water partition coefficient (Wildman–Crippen LogP) is 1.11. The van der Waals surface area contributed by atoms with Gasteiger partial charge in [-0.2, -0.15) is 0 Å². The molecule has 2 atom stereocenters. The molecule has 1 aliphatic heterocycles. The lowest BCUT2D eigenvalue weighted by Crippen LogP contribution is -2.41. The van der Waals surface area contributed by atoms with Crippen molar-refractivity contribution in [3.63, 3.8) is 0 Å². The molecule has 0 aromatic carbocycles. The molecule has 1 aliphatic carbocycles. The Balaban J connectivity index is 2.04. The van der Waals surface area contributed by atoms with Crippen LogP contribution in [-0.2, 0) is 9.59 Å². The number of nitrogens with zero attached hydrogens (tertiary/aromatic N) is 1. The smallest absolute Gasteiger partial charge is 0.326 e. The van der Waals surface area contributed by atoms with Gasteiger partial charge in [-0.1, -0.05) is 13.8 Å². The van der Waals surface area contributed by atoms with E-state index in [2.05, 4.69) is 13.8 Å². The molecule has 2 rings (SSSR count). The standard InChI is InChI=1S/C11H17NO3/c1-11(2)6-7(11)9(13)12-5-3-4-8(12)10(14)15/h7-8H,3-6H2,1-2H3,(H,14,15)/t7?,8-/m1/s1. The minimum absolute atomic E-state index is 0.0462. The lowest BCUT2D eigenvalue weighted by molar-refractivity contribution is -0.149. The molecule has 1 heterocycles. The third-order valence-corrected chi connectivity index (χ3v) is 3.63. The molecular formula is C11H17NO3. The largest absolute Gasteiger partial charge is 0.480 e. The third-order valence-electron chi connectivity index (χ3n) is 3.63. The summed E-state index contributed by atoms with van der Waals surface area (Å²) in [6.07, 6.45) is 2.32. The van der Waals surface area contributed by atoms with Gasteiger partial charge in [0.25, 0.3) is 0 Å². The minimum atomic E-state index is -0.862. The van der Waals surface area contributed by atoms with Crippen LogP contribution in [0.5, 0.6) is 0 Å². The molecule has 1 saturated carbocycles. The first-order chi connectivity index (χ1) is 6.93. The van der Waals surface area contributed by atoms with Gasteiger partial charge in [0, 0.05) is 12.5 Å². The Hall–Kier alpha value is -1.06. The first-order valence-electron chi connectivity index (χ1n) is 5.47. The van der Waals surface area contributed by atoms with Crippen LogP contribution in [0.2, 0.25) is 0 Å². The number of carbonyl (C=O) groups is 2. The van der Waals surface area contributed by atoms with Gasteiger partial charge in [-0.15, -0.1) is 0 Å². The van der Waals surface area contributed by atoms with Crippen molar-refractivity contribution in [2.75, 3.05) is 6.54 Å². The molecule has 0 aromatic heterocycles. The number of likely N-dealkylation sites (tertiary alicyclic amines) is 1. The van der Waals surface area contributed by atoms with Crippen molar-refractivity contribution >= 4 is 11.9 Å². The fraction of sp³-hybridized carbons (Fsp3) is 0.818. The fourth-order valence-corrected chi connectivity index (χ4v) is 2.38. The molecule has 1 amide bonds. The highest BCUT2D eigenvalue weighted by molar-refractivity contribution is 5.87. The summed E-state index contributed by atoms with van der Waals surface area (Å²) < 4.78 is 0. The number of amides is 1. The van der Waals surface area contributed by atoms with Crippen LogP contribution in [0.25, 0.3) is 0 Å². The fourth-order valence-electron chi connectivity index (χ4n) is 2.38. The number of aliphatic carboxylic acids is 1. The van der Waals surface area contributed by atoms with Gasteiger partial charge >= 0.3 is 5.97 Å². The normalized spacial score (nSPS) is 32.8. The second-order valence-corrected chi connectivity index (χ2v) is 5.27. The van der Waals surface area contributed by atoms with Crippen molar-refractivity contribution in [3.8, 4) is 0 Å². The zero-order valence-electron chi connectivity index (χ0n) is 9.19. The Morgan fingerprint density at radius 2 is 2.00 bits per heavy atom. The van der Waals surface area contributed by atoms with Gasteiger partial charge < -0.3 is 10.0 Å². The Morgan fingerprint density at radius 3 is 2.47 bits per heavy atom. The molecule has 0 spiro atoms. The van der Waals surface area contributed by atoms with E-state index in [1.165, 1.54) is 0 Å². The Kier molecular flexibility index (Phi) is 2.24. The highest BCUT2D eigenvalue weighted by atomic mass is 16.4. The molecule has 1 saturated heterocycles. The van der Waals surface area contributed by atoms with E-state index in [4.69, 9.17) is 5.11 Å². The van der Waals surface area contributed by atoms with Crippen molar-refractivity contribution < 1.29 is 14.7 Å². The molecule has 0 radical (unpaired) electrons. The molecule has 84 valence electrons. The molecule has 15 heavy (non-hydrogen) atoms. The number of hydrogen-bond donors (Lipinski definition) is 1. The van der Waals surface area contributed by atoms with Crippen LogP contribution in [0.1, 0.15) is 33.1 Å². The molecule has 1 unspecified atom stereocenters. The highest BCUT2D eigenvalue weighted by Crippen LogP contribution is 2.52. The zero-order valence-corrected chi connectivity index (χ0v) is 9.19. The minimum Gasteiger partial charge on any atom is -0.480 e. The lowest BCUT2D eigenvalue weighted by atomic mass is 10.1. The van der Waals surface area contributed by atoms with E-state index in [1.54, 1.807) is 4.90 Å². The summed E-state index contributed by atoms with van der Waals surface area (Å²) in [4.78, 5) is 24.5. The average molecular weight is 211 g/mol. The summed E-state index contributed by atoms with van der Waals surface area (Å²) in [7, 11) is 0. The summed E-state index contributed by atoms with van der Waals surface area (Å²) in [6.45, 7) is 4.73. The van der Waals surface area contributed by atoms with Crippen molar-refractivity contribution in [1.29, 1.82) is 0 Å². The van der Waals surface area contributed by atoms with Crippen molar-refractivity contribution in [2.45, 2.75) is 39.2 Å². The van der Waals surface area contributed by atoms with Gasteiger partial charge in [0.15, 0.2) is 0 Å². The van der Waals surface area contributed by atoms with E-state index in [0.29, 0.717) is 13.0 Å². The van der Waals surface area contributed by atoms with Crippen molar-refractivity contribution in [3.05, 3.63) is 0 Å². The van der Waals surface area contributed by atoms with Crippen LogP contribution in [-0.4, -0.2) is 34.5 Å². The van der Waals surface area contributed by atoms with Crippen LogP contribution >= 0.6 is 0 Å². The van der Waals surface area contributed by atoms with Gasteiger partial charge in [0.05, 0.1) is 0 Å². The SMILES string of the molecule is CC1(C)CC1C(=O)N1CCC[C@@H]1C(=O)O. The summed E-state index contributed by atoms with van der Waals surface area (Å²) in [5.74, 6) is -0.762. The van der Waals surface area contributed by atoms with E-state index in [0.717, 1.165) is 12.8 Å². The van der Waals surface area contributed by atoms with Gasteiger partial charge in [0.2, 0.25) is 5.91 Å². The lowest BCUT2D eigenvalue weighted by Gasteiger charge is -2.22. The monoisotopic (exact) mass is 211 g/mol. The number of hydrogen-bond acceptors (Lipinski definition) is 2. The maximum Gasteiger partial charge on any atom is 0.326 e. The maximum atomic E-state index is 12.0. The maximum absolute atomic E-state index is 12.0. The average Bonchev–Trinajstić information content (AvgIpc) is 2.65. The molecule has 1 N–H and O–H groups in total. The van der Waals surface area contributed by atoms with E-state index in [1.807, 2.05) is 0 Å². The predicted molar refractivity (Wildman–Crippen MR) is 54.3 cm³/mol. The number of rotatable bonds is 2. The first kappa shape index (κ1) is 10.5. The van der Waals surface area contributed by atoms with Crippen LogP contribution in [0.3, 0.4) is 0 Å². The van der Waals surface area contributed by atoms with Crippen LogP contribution in [0, 0.1) is 11.3 Å².